The number of carbonyl (C=O) groups excluding carboxylic acids is 3. The Labute approximate surface area is 160 Å². The van der Waals surface area contributed by atoms with Gasteiger partial charge in [0, 0.05) is 38.2 Å². The quantitative estimate of drug-likeness (QED) is 0.523. The van der Waals surface area contributed by atoms with Crippen LogP contribution in [0, 0.1) is 0 Å². The zero-order valence-electron chi connectivity index (χ0n) is 16.1. The van der Waals surface area contributed by atoms with Gasteiger partial charge in [0.2, 0.25) is 11.8 Å². The van der Waals surface area contributed by atoms with Crippen LogP contribution in [0.3, 0.4) is 0 Å². The third kappa shape index (κ3) is 4.36. The highest BCUT2D eigenvalue weighted by atomic mass is 16.2. The summed E-state index contributed by atoms with van der Waals surface area (Å²) in [5, 5.41) is 5.68. The van der Waals surface area contributed by atoms with E-state index >= 15 is 0 Å². The Balaban J connectivity index is 1.68. The minimum Gasteiger partial charge on any atom is -0.322 e. The number of rotatable bonds is 8. The number of benzene rings is 1. The van der Waals surface area contributed by atoms with Crippen molar-refractivity contribution in [2.45, 2.75) is 45.8 Å². The van der Waals surface area contributed by atoms with Crippen LogP contribution in [-0.2, 0) is 22.7 Å². The fraction of sp³-hybridized carbons (Fsp3) is 0.550. The molecular weight excluding hydrogens is 344 g/mol. The molecule has 0 bridgehead atoms. The summed E-state index contributed by atoms with van der Waals surface area (Å²) in [5.41, 5.74) is 2.80. The molecule has 0 saturated carbocycles. The Morgan fingerprint density at radius 1 is 1.26 bits per heavy atom. The van der Waals surface area contributed by atoms with Gasteiger partial charge in [0.25, 0.3) is 5.91 Å². The Kier molecular flexibility index (Phi) is 6.23. The van der Waals surface area contributed by atoms with Gasteiger partial charge in [0.15, 0.2) is 0 Å². The van der Waals surface area contributed by atoms with Crippen LogP contribution < -0.4 is 10.6 Å². The van der Waals surface area contributed by atoms with E-state index in [1.54, 1.807) is 4.90 Å². The predicted octanol–water partition coefficient (Wildman–Crippen LogP) is 0.879. The average molecular weight is 372 g/mol. The van der Waals surface area contributed by atoms with Crippen molar-refractivity contribution < 1.29 is 14.4 Å². The molecule has 3 rings (SSSR count). The molecule has 0 spiro atoms. The lowest BCUT2D eigenvalue weighted by Gasteiger charge is -2.29. The zero-order valence-corrected chi connectivity index (χ0v) is 16.1. The Morgan fingerprint density at radius 2 is 2.07 bits per heavy atom. The first-order valence-corrected chi connectivity index (χ1v) is 9.73. The van der Waals surface area contributed by atoms with Crippen molar-refractivity contribution in [3.63, 3.8) is 0 Å². The number of nitrogens with zero attached hydrogens (tertiary/aromatic N) is 2. The van der Waals surface area contributed by atoms with Crippen LogP contribution >= 0.6 is 0 Å². The molecule has 1 unspecified atom stereocenters. The molecule has 2 aliphatic rings. The SMILES string of the molecule is CCNCCN(CC)Cc1ccc2c(c1)CN(C1CCC(=O)NC1=O)C2=O. The van der Waals surface area contributed by atoms with E-state index in [0.29, 0.717) is 18.5 Å². The molecule has 0 aliphatic carbocycles. The summed E-state index contributed by atoms with van der Waals surface area (Å²) in [6.07, 6.45) is 0.671. The lowest BCUT2D eigenvalue weighted by Crippen LogP contribution is -2.52. The highest BCUT2D eigenvalue weighted by Crippen LogP contribution is 2.28. The third-order valence-electron chi connectivity index (χ3n) is 5.30. The van der Waals surface area contributed by atoms with Gasteiger partial charge in [-0.1, -0.05) is 26.0 Å². The van der Waals surface area contributed by atoms with E-state index in [0.717, 1.165) is 38.3 Å². The third-order valence-corrected chi connectivity index (χ3v) is 5.30. The summed E-state index contributed by atoms with van der Waals surface area (Å²) in [6.45, 7) is 9.37. The van der Waals surface area contributed by atoms with E-state index in [4.69, 9.17) is 0 Å². The largest absolute Gasteiger partial charge is 0.322 e. The van der Waals surface area contributed by atoms with Gasteiger partial charge >= 0.3 is 0 Å². The summed E-state index contributed by atoms with van der Waals surface area (Å²) >= 11 is 0. The van der Waals surface area contributed by atoms with Crippen molar-refractivity contribution in [3.8, 4) is 0 Å². The highest BCUT2D eigenvalue weighted by molar-refractivity contribution is 6.05. The van der Waals surface area contributed by atoms with Crippen LogP contribution in [0.15, 0.2) is 18.2 Å². The van der Waals surface area contributed by atoms with E-state index in [1.807, 2.05) is 12.1 Å². The zero-order chi connectivity index (χ0) is 19.4. The smallest absolute Gasteiger partial charge is 0.255 e. The van der Waals surface area contributed by atoms with Gasteiger partial charge in [0.1, 0.15) is 6.04 Å². The number of imide groups is 1. The number of carbonyl (C=O) groups is 3. The van der Waals surface area contributed by atoms with Gasteiger partial charge in [-0.2, -0.15) is 0 Å². The highest BCUT2D eigenvalue weighted by Gasteiger charge is 2.39. The summed E-state index contributed by atoms with van der Waals surface area (Å²) in [7, 11) is 0. The molecule has 7 heteroatoms. The predicted molar refractivity (Wildman–Crippen MR) is 102 cm³/mol. The fourth-order valence-electron chi connectivity index (χ4n) is 3.75. The first kappa shape index (κ1) is 19.5. The van der Waals surface area contributed by atoms with Crippen molar-refractivity contribution in [3.05, 3.63) is 34.9 Å². The molecule has 1 fully saturated rings. The van der Waals surface area contributed by atoms with E-state index in [9.17, 15) is 14.4 Å². The van der Waals surface area contributed by atoms with E-state index in [2.05, 4.69) is 35.4 Å². The number of piperidine rings is 1. The number of hydrogen-bond acceptors (Lipinski definition) is 5. The molecule has 2 heterocycles. The topological polar surface area (TPSA) is 81.8 Å². The second-order valence-corrected chi connectivity index (χ2v) is 7.11. The van der Waals surface area contributed by atoms with E-state index < -0.39 is 6.04 Å². The van der Waals surface area contributed by atoms with Crippen molar-refractivity contribution in [2.75, 3.05) is 26.2 Å². The number of likely N-dealkylation sites (N-methyl/N-ethyl adjacent to an activating group) is 2. The van der Waals surface area contributed by atoms with Gasteiger partial charge in [-0.05, 0) is 36.7 Å². The van der Waals surface area contributed by atoms with Crippen LogP contribution in [0.5, 0.6) is 0 Å². The van der Waals surface area contributed by atoms with Crippen molar-refractivity contribution in [2.24, 2.45) is 0 Å². The maximum Gasteiger partial charge on any atom is 0.255 e. The molecule has 2 N–H and O–H groups in total. The molecule has 7 nitrogen and oxygen atoms in total. The Hall–Kier alpha value is -2.25. The van der Waals surface area contributed by atoms with Gasteiger partial charge in [0.05, 0.1) is 0 Å². The molecule has 1 saturated heterocycles. The van der Waals surface area contributed by atoms with Gasteiger partial charge in [-0.15, -0.1) is 0 Å². The first-order valence-electron chi connectivity index (χ1n) is 9.73. The molecule has 1 atom stereocenters. The minimum atomic E-state index is -0.557. The molecule has 27 heavy (non-hydrogen) atoms. The Morgan fingerprint density at radius 3 is 2.78 bits per heavy atom. The van der Waals surface area contributed by atoms with Crippen LogP contribution in [0.2, 0.25) is 0 Å². The second-order valence-electron chi connectivity index (χ2n) is 7.11. The normalized spacial score (nSPS) is 19.6. The summed E-state index contributed by atoms with van der Waals surface area (Å²) in [5.74, 6) is -0.751. The maximum absolute atomic E-state index is 12.7. The first-order chi connectivity index (χ1) is 13.0. The lowest BCUT2D eigenvalue weighted by atomic mass is 10.0. The molecule has 1 aromatic carbocycles. The van der Waals surface area contributed by atoms with Gasteiger partial charge < -0.3 is 10.2 Å². The summed E-state index contributed by atoms with van der Waals surface area (Å²) < 4.78 is 0. The van der Waals surface area contributed by atoms with Crippen molar-refractivity contribution in [1.82, 2.24) is 20.4 Å². The van der Waals surface area contributed by atoms with E-state index in [-0.39, 0.29) is 24.1 Å². The van der Waals surface area contributed by atoms with Gasteiger partial charge in [-0.25, -0.2) is 0 Å². The number of fused-ring (bicyclic) bond motifs is 1. The van der Waals surface area contributed by atoms with Crippen molar-refractivity contribution in [1.29, 1.82) is 0 Å². The number of hydrogen-bond donors (Lipinski definition) is 2. The molecule has 0 radical (unpaired) electrons. The Bertz CT molecular complexity index is 734. The number of amides is 3. The molecule has 1 aromatic rings. The fourth-order valence-corrected chi connectivity index (χ4v) is 3.75. The van der Waals surface area contributed by atoms with Crippen LogP contribution in [0.1, 0.15) is 48.2 Å². The van der Waals surface area contributed by atoms with Crippen LogP contribution in [-0.4, -0.2) is 59.7 Å². The molecule has 146 valence electrons. The maximum atomic E-state index is 12.7. The monoisotopic (exact) mass is 372 g/mol. The molecule has 2 aliphatic heterocycles. The lowest BCUT2D eigenvalue weighted by molar-refractivity contribution is -0.136. The summed E-state index contributed by atoms with van der Waals surface area (Å²) in [4.78, 5) is 40.2. The van der Waals surface area contributed by atoms with Crippen molar-refractivity contribution >= 4 is 17.7 Å². The molecule has 3 amide bonds. The van der Waals surface area contributed by atoms with Crippen LogP contribution in [0.4, 0.5) is 0 Å². The molecule has 0 aromatic heterocycles. The molecular formula is C20H28N4O3. The second kappa shape index (κ2) is 8.63. The minimum absolute atomic E-state index is 0.120. The number of nitrogens with one attached hydrogen (secondary N) is 2. The van der Waals surface area contributed by atoms with E-state index in [1.165, 1.54) is 5.56 Å². The average Bonchev–Trinajstić information content (AvgIpc) is 2.97. The standard InChI is InChI=1S/C20H28N4O3/c1-3-21-9-10-23(4-2)12-14-5-6-16-15(11-14)13-24(20(16)27)17-7-8-18(25)22-19(17)26/h5-6,11,17,21H,3-4,7-10,12-13H2,1-2H3,(H,22,25,26). The van der Waals surface area contributed by atoms with Gasteiger partial charge in [-0.3, -0.25) is 24.6 Å². The summed E-state index contributed by atoms with van der Waals surface area (Å²) in [6, 6.07) is 5.39. The van der Waals surface area contributed by atoms with Crippen LogP contribution in [0.25, 0.3) is 0 Å².